The summed E-state index contributed by atoms with van der Waals surface area (Å²) in [5.74, 6) is 0.927. The van der Waals surface area contributed by atoms with E-state index < -0.39 is 0 Å². The largest absolute Gasteiger partial charge is 0.494 e. The minimum absolute atomic E-state index is 0.784. The van der Waals surface area contributed by atoms with E-state index in [9.17, 15) is 0 Å². The van der Waals surface area contributed by atoms with Gasteiger partial charge in [-0.25, -0.2) is 9.97 Å². The molecule has 4 aromatic rings. The number of ether oxygens (including phenoxy) is 1. The summed E-state index contributed by atoms with van der Waals surface area (Å²) < 4.78 is 6.05. The first kappa shape index (κ1) is 28.3. The van der Waals surface area contributed by atoms with Crippen LogP contribution in [0.5, 0.6) is 5.75 Å². The molecule has 202 valence electrons. The Morgan fingerprint density at radius 2 is 1.08 bits per heavy atom. The topological polar surface area (TPSA) is 35.0 Å². The summed E-state index contributed by atoms with van der Waals surface area (Å²) in [7, 11) is 0. The van der Waals surface area contributed by atoms with E-state index >= 15 is 0 Å². The Morgan fingerprint density at radius 3 is 1.63 bits per heavy atom. The van der Waals surface area contributed by atoms with E-state index in [4.69, 9.17) is 14.7 Å². The van der Waals surface area contributed by atoms with Crippen LogP contribution in [0.2, 0.25) is 0 Å². The quantitative estimate of drug-likeness (QED) is 0.128. The third-order valence-electron chi connectivity index (χ3n) is 7.25. The van der Waals surface area contributed by atoms with Crippen molar-refractivity contribution < 1.29 is 4.74 Å². The summed E-state index contributed by atoms with van der Waals surface area (Å²) in [6, 6.07) is 17.2. The van der Waals surface area contributed by atoms with Crippen LogP contribution in [0, 0.1) is 0 Å². The molecule has 4 rings (SSSR count). The minimum atomic E-state index is 0.784. The fraction of sp³-hybridized carbons (Fsp3) is 0.471. The highest BCUT2D eigenvalue weighted by atomic mass is 32.1. The highest BCUT2D eigenvalue weighted by Crippen LogP contribution is 2.33. The summed E-state index contributed by atoms with van der Waals surface area (Å²) in [6.07, 6.45) is 16.9. The Labute approximate surface area is 233 Å². The van der Waals surface area contributed by atoms with Crippen molar-refractivity contribution in [2.75, 3.05) is 6.61 Å². The van der Waals surface area contributed by atoms with Gasteiger partial charge in [0.15, 0.2) is 0 Å². The van der Waals surface area contributed by atoms with E-state index in [2.05, 4.69) is 73.1 Å². The molecule has 2 aromatic heterocycles. The van der Waals surface area contributed by atoms with Gasteiger partial charge in [0.2, 0.25) is 0 Å². The van der Waals surface area contributed by atoms with E-state index in [0.29, 0.717) is 0 Å². The second-order valence-electron chi connectivity index (χ2n) is 10.4. The number of nitrogens with zero attached hydrogens (tertiary/aromatic N) is 2. The predicted octanol–water partition coefficient (Wildman–Crippen LogP) is 10.7. The minimum Gasteiger partial charge on any atom is -0.494 e. The molecule has 0 aliphatic rings. The molecule has 2 heterocycles. The molecule has 4 heteroatoms. The monoisotopic (exact) mass is 528 g/mol. The molecule has 3 nitrogen and oxygen atoms in total. The first-order valence-corrected chi connectivity index (χ1v) is 15.8. The van der Waals surface area contributed by atoms with Crippen molar-refractivity contribution in [1.82, 2.24) is 9.97 Å². The average Bonchev–Trinajstić information content (AvgIpc) is 3.42. The van der Waals surface area contributed by atoms with Crippen molar-refractivity contribution in [1.29, 1.82) is 0 Å². The number of rotatable bonds is 17. The zero-order valence-electron chi connectivity index (χ0n) is 23.4. The van der Waals surface area contributed by atoms with Gasteiger partial charge in [0.1, 0.15) is 16.8 Å². The third-order valence-corrected chi connectivity index (χ3v) is 7.97. The summed E-state index contributed by atoms with van der Waals surface area (Å²) >= 11 is 1.65. The van der Waals surface area contributed by atoms with Crippen LogP contribution in [-0.2, 0) is 6.42 Å². The third kappa shape index (κ3) is 8.39. The second kappa shape index (κ2) is 15.6. The Balaban J connectivity index is 1.33. The molecule has 0 fully saturated rings. The van der Waals surface area contributed by atoms with Crippen LogP contribution in [0.4, 0.5) is 0 Å². The number of aromatic nitrogens is 2. The molecule has 0 radical (unpaired) electrons. The molecule has 0 aliphatic heterocycles. The smallest absolute Gasteiger partial charge is 0.119 e. The van der Waals surface area contributed by atoms with Crippen molar-refractivity contribution in [2.24, 2.45) is 0 Å². The molecule has 0 saturated carbocycles. The van der Waals surface area contributed by atoms with Gasteiger partial charge in [-0.2, -0.15) is 0 Å². The number of hydrogen-bond donors (Lipinski definition) is 0. The molecule has 0 N–H and O–H groups in total. The number of unbranched alkanes of at least 4 members (excludes halogenated alkanes) is 10. The molecule has 0 unspecified atom stereocenters. The van der Waals surface area contributed by atoms with E-state index in [1.165, 1.54) is 76.2 Å². The molecule has 0 atom stereocenters. The summed E-state index contributed by atoms with van der Waals surface area (Å²) in [6.45, 7) is 5.30. The molecule has 0 amide bonds. The lowest BCUT2D eigenvalue weighted by atomic mass is 10.0. The maximum absolute atomic E-state index is 6.05. The van der Waals surface area contributed by atoms with Gasteiger partial charge in [0.05, 0.1) is 18.0 Å². The van der Waals surface area contributed by atoms with Crippen molar-refractivity contribution in [2.45, 2.75) is 97.3 Å². The van der Waals surface area contributed by atoms with Gasteiger partial charge in [-0.3, -0.25) is 0 Å². The Kier molecular flexibility index (Phi) is 11.6. The number of hydrogen-bond acceptors (Lipinski definition) is 4. The molecule has 0 spiro atoms. The van der Waals surface area contributed by atoms with Gasteiger partial charge in [0, 0.05) is 21.9 Å². The van der Waals surface area contributed by atoms with Crippen LogP contribution >= 0.6 is 11.3 Å². The van der Waals surface area contributed by atoms with Gasteiger partial charge in [-0.15, -0.1) is 11.3 Å². The van der Waals surface area contributed by atoms with Gasteiger partial charge in [0.25, 0.3) is 0 Å². The molecule has 38 heavy (non-hydrogen) atoms. The molecular formula is C34H44N2OS. The Morgan fingerprint density at radius 1 is 0.579 bits per heavy atom. The van der Waals surface area contributed by atoms with E-state index in [1.54, 1.807) is 11.3 Å². The number of aryl methyl sites for hydroxylation is 1. The SMILES string of the molecule is CCCCCCCCCCCCOc1ccc(-c2nc3cscc3nc2-c2ccc(CCCC)cc2)cc1. The normalized spacial score (nSPS) is 11.3. The van der Waals surface area contributed by atoms with Gasteiger partial charge in [-0.05, 0) is 49.1 Å². The van der Waals surface area contributed by atoms with Crippen LogP contribution in [0.15, 0.2) is 59.3 Å². The van der Waals surface area contributed by atoms with Crippen LogP contribution in [0.1, 0.15) is 96.5 Å². The van der Waals surface area contributed by atoms with Crippen molar-refractivity contribution in [3.8, 4) is 28.3 Å². The zero-order chi connectivity index (χ0) is 26.4. The Bertz CT molecular complexity index is 1210. The lowest BCUT2D eigenvalue weighted by Gasteiger charge is -2.11. The molecule has 0 saturated heterocycles. The molecule has 2 aromatic carbocycles. The molecule has 0 aliphatic carbocycles. The van der Waals surface area contributed by atoms with Crippen LogP contribution in [0.25, 0.3) is 33.5 Å². The lowest BCUT2D eigenvalue weighted by molar-refractivity contribution is 0.304. The van der Waals surface area contributed by atoms with Crippen LogP contribution in [-0.4, -0.2) is 16.6 Å². The Hall–Kier alpha value is -2.72. The van der Waals surface area contributed by atoms with E-state index in [0.717, 1.165) is 58.7 Å². The van der Waals surface area contributed by atoms with E-state index in [-0.39, 0.29) is 0 Å². The maximum Gasteiger partial charge on any atom is 0.119 e. The van der Waals surface area contributed by atoms with Crippen LogP contribution < -0.4 is 4.74 Å². The molecular weight excluding hydrogens is 484 g/mol. The standard InChI is InChI=1S/C34H44N2OS/c1-3-5-7-8-9-10-11-12-13-14-24-37-30-22-20-29(21-23-30)34-33(35-31-25-38-26-32(31)36-34)28-18-16-27(17-19-28)15-6-4-2/h16-23,25-26H,3-15,24H2,1-2H3. The maximum atomic E-state index is 6.05. The second-order valence-corrected chi connectivity index (χ2v) is 11.2. The van der Waals surface area contributed by atoms with Gasteiger partial charge < -0.3 is 4.74 Å². The number of fused-ring (bicyclic) bond motifs is 1. The van der Waals surface area contributed by atoms with Crippen molar-refractivity contribution in [3.63, 3.8) is 0 Å². The van der Waals surface area contributed by atoms with E-state index in [1.807, 2.05) is 0 Å². The summed E-state index contributed by atoms with van der Waals surface area (Å²) in [5.41, 5.74) is 7.35. The summed E-state index contributed by atoms with van der Waals surface area (Å²) in [4.78, 5) is 10.0. The predicted molar refractivity (Wildman–Crippen MR) is 164 cm³/mol. The highest BCUT2D eigenvalue weighted by Gasteiger charge is 2.14. The highest BCUT2D eigenvalue weighted by molar-refractivity contribution is 7.09. The van der Waals surface area contributed by atoms with Crippen LogP contribution in [0.3, 0.4) is 0 Å². The fourth-order valence-electron chi connectivity index (χ4n) is 4.90. The number of benzene rings is 2. The fourth-order valence-corrected chi connectivity index (χ4v) is 5.57. The molecule has 0 bridgehead atoms. The lowest BCUT2D eigenvalue weighted by Crippen LogP contribution is -1.98. The first-order chi connectivity index (χ1) is 18.8. The van der Waals surface area contributed by atoms with Gasteiger partial charge >= 0.3 is 0 Å². The summed E-state index contributed by atoms with van der Waals surface area (Å²) in [5, 5.41) is 4.16. The van der Waals surface area contributed by atoms with Crippen molar-refractivity contribution >= 4 is 22.4 Å². The van der Waals surface area contributed by atoms with Gasteiger partial charge in [-0.1, -0.05) is 102 Å². The van der Waals surface area contributed by atoms with Crippen molar-refractivity contribution in [3.05, 3.63) is 64.9 Å². The first-order valence-electron chi connectivity index (χ1n) is 14.8. The average molecular weight is 529 g/mol. The number of thiophene rings is 1. The zero-order valence-corrected chi connectivity index (χ0v) is 24.2.